The second-order valence-corrected chi connectivity index (χ2v) is 7.80. The molecule has 1 aromatic carbocycles. The Balaban J connectivity index is 2.88. The van der Waals surface area contributed by atoms with Crippen LogP contribution >= 0.6 is 15.9 Å². The Morgan fingerprint density at radius 3 is 2.47 bits per heavy atom. The van der Waals surface area contributed by atoms with Gasteiger partial charge in [0.2, 0.25) is 0 Å². The summed E-state index contributed by atoms with van der Waals surface area (Å²) in [6, 6.07) is 5.94. The summed E-state index contributed by atoms with van der Waals surface area (Å²) >= 11 is 3.42. The van der Waals surface area contributed by atoms with Gasteiger partial charge in [0.25, 0.3) is 0 Å². The maximum Gasteiger partial charge on any atom is 0.122 e. The SMILES string of the molecule is C=C(NS(=O)C(C)(C)C)c1ccc(Br)cc1C. The highest BCUT2D eigenvalue weighted by Gasteiger charge is 2.20. The zero-order chi connectivity index (χ0) is 13.2. The van der Waals surface area contributed by atoms with Crippen LogP contribution in [0.3, 0.4) is 0 Å². The molecule has 0 heterocycles. The Morgan fingerprint density at radius 2 is 2.00 bits per heavy atom. The molecule has 0 aliphatic carbocycles. The van der Waals surface area contributed by atoms with Crippen LogP contribution in [-0.2, 0) is 11.0 Å². The van der Waals surface area contributed by atoms with Crippen LogP contribution < -0.4 is 4.72 Å². The monoisotopic (exact) mass is 315 g/mol. The fraction of sp³-hybridized carbons (Fsp3) is 0.385. The second kappa shape index (κ2) is 5.36. The van der Waals surface area contributed by atoms with E-state index in [0.717, 1.165) is 15.6 Å². The number of rotatable bonds is 3. The molecule has 0 spiro atoms. The zero-order valence-electron chi connectivity index (χ0n) is 10.6. The molecule has 1 aromatic rings. The lowest BCUT2D eigenvalue weighted by Gasteiger charge is -2.20. The van der Waals surface area contributed by atoms with Crippen molar-refractivity contribution in [2.24, 2.45) is 0 Å². The molecule has 94 valence electrons. The molecule has 0 saturated heterocycles. The van der Waals surface area contributed by atoms with Gasteiger partial charge < -0.3 is 4.72 Å². The third-order valence-electron chi connectivity index (χ3n) is 2.29. The molecule has 2 nitrogen and oxygen atoms in total. The first-order chi connectivity index (χ1) is 7.71. The lowest BCUT2D eigenvalue weighted by atomic mass is 10.1. The molecule has 0 bridgehead atoms. The van der Waals surface area contributed by atoms with Crippen molar-refractivity contribution < 1.29 is 4.21 Å². The predicted molar refractivity (Wildman–Crippen MR) is 78.9 cm³/mol. The van der Waals surface area contributed by atoms with Gasteiger partial charge in [-0.1, -0.05) is 28.6 Å². The summed E-state index contributed by atoms with van der Waals surface area (Å²) in [7, 11) is -1.14. The standard InChI is InChI=1S/C13H18BrNOS/c1-9-8-11(14)6-7-12(9)10(2)15-17(16)13(3,4)5/h6-8,15H,2H2,1,3-5H3. The van der Waals surface area contributed by atoms with Gasteiger partial charge in [-0.05, 0) is 45.4 Å². The van der Waals surface area contributed by atoms with Crippen molar-refractivity contribution >= 4 is 32.6 Å². The number of aryl methyl sites for hydroxylation is 1. The lowest BCUT2D eigenvalue weighted by Crippen LogP contribution is -2.32. The van der Waals surface area contributed by atoms with Crippen LogP contribution in [0.2, 0.25) is 0 Å². The molecule has 0 saturated carbocycles. The molecule has 1 atom stereocenters. The molecule has 0 aliphatic heterocycles. The van der Waals surface area contributed by atoms with Gasteiger partial charge in [0.15, 0.2) is 0 Å². The number of halogens is 1. The third-order valence-corrected chi connectivity index (χ3v) is 4.32. The van der Waals surface area contributed by atoms with Crippen molar-refractivity contribution in [2.75, 3.05) is 0 Å². The van der Waals surface area contributed by atoms with Gasteiger partial charge in [0, 0.05) is 15.7 Å². The molecular formula is C13H18BrNOS. The van der Waals surface area contributed by atoms with Gasteiger partial charge in [-0.15, -0.1) is 0 Å². The lowest BCUT2D eigenvalue weighted by molar-refractivity contribution is 0.645. The van der Waals surface area contributed by atoms with Crippen LogP contribution in [0.5, 0.6) is 0 Å². The first-order valence-corrected chi connectivity index (χ1v) is 7.30. The summed E-state index contributed by atoms with van der Waals surface area (Å²) in [5.74, 6) is 0. The molecule has 0 amide bonds. The Hall–Kier alpha value is -0.610. The van der Waals surface area contributed by atoms with Crippen molar-refractivity contribution in [1.82, 2.24) is 4.72 Å². The minimum atomic E-state index is -1.14. The molecule has 0 aromatic heterocycles. The van der Waals surface area contributed by atoms with Crippen molar-refractivity contribution in [3.63, 3.8) is 0 Å². The van der Waals surface area contributed by atoms with Crippen molar-refractivity contribution in [2.45, 2.75) is 32.4 Å². The van der Waals surface area contributed by atoms with E-state index in [4.69, 9.17) is 0 Å². The fourth-order valence-electron chi connectivity index (χ4n) is 1.29. The maximum atomic E-state index is 12.0. The summed E-state index contributed by atoms with van der Waals surface area (Å²) in [5, 5.41) is 0. The van der Waals surface area contributed by atoms with Crippen molar-refractivity contribution in [3.8, 4) is 0 Å². The van der Waals surface area contributed by atoms with Crippen LogP contribution in [-0.4, -0.2) is 8.96 Å². The quantitative estimate of drug-likeness (QED) is 0.903. The first kappa shape index (κ1) is 14.5. The topological polar surface area (TPSA) is 29.1 Å². The zero-order valence-corrected chi connectivity index (χ0v) is 13.0. The van der Waals surface area contributed by atoms with Crippen LogP contribution in [0, 0.1) is 6.92 Å². The number of benzene rings is 1. The molecule has 0 aliphatic rings. The number of nitrogens with one attached hydrogen (secondary N) is 1. The Morgan fingerprint density at radius 1 is 1.41 bits per heavy atom. The Labute approximate surface area is 114 Å². The average molecular weight is 316 g/mol. The minimum Gasteiger partial charge on any atom is -0.305 e. The van der Waals surface area contributed by atoms with E-state index in [1.54, 1.807) is 0 Å². The second-order valence-electron chi connectivity index (χ2n) is 4.92. The van der Waals surface area contributed by atoms with E-state index >= 15 is 0 Å². The molecule has 1 unspecified atom stereocenters. The van der Waals surface area contributed by atoms with Crippen LogP contribution in [0.15, 0.2) is 29.3 Å². The highest BCUT2D eigenvalue weighted by Crippen LogP contribution is 2.21. The van der Waals surface area contributed by atoms with E-state index in [-0.39, 0.29) is 4.75 Å². The maximum absolute atomic E-state index is 12.0. The third kappa shape index (κ3) is 3.96. The van der Waals surface area contributed by atoms with Crippen LogP contribution in [0.4, 0.5) is 0 Å². The number of hydrogen-bond acceptors (Lipinski definition) is 1. The van der Waals surface area contributed by atoms with E-state index in [0.29, 0.717) is 5.70 Å². The molecule has 0 fully saturated rings. The Bertz CT molecular complexity index is 463. The molecule has 1 N–H and O–H groups in total. The molecular weight excluding hydrogens is 298 g/mol. The van der Waals surface area contributed by atoms with E-state index in [1.807, 2.05) is 45.9 Å². The highest BCUT2D eigenvalue weighted by atomic mass is 79.9. The summed E-state index contributed by atoms with van der Waals surface area (Å²) in [4.78, 5) is 0. The van der Waals surface area contributed by atoms with E-state index < -0.39 is 11.0 Å². The van der Waals surface area contributed by atoms with Gasteiger partial charge in [-0.25, -0.2) is 4.21 Å². The average Bonchev–Trinajstić information content (AvgIpc) is 2.15. The van der Waals surface area contributed by atoms with Crippen LogP contribution in [0.25, 0.3) is 5.70 Å². The van der Waals surface area contributed by atoms with Gasteiger partial charge in [-0.3, -0.25) is 0 Å². The number of hydrogen-bond donors (Lipinski definition) is 1. The molecule has 17 heavy (non-hydrogen) atoms. The molecule has 4 heteroatoms. The van der Waals surface area contributed by atoms with Gasteiger partial charge in [0.1, 0.15) is 11.0 Å². The smallest absolute Gasteiger partial charge is 0.122 e. The molecule has 0 radical (unpaired) electrons. The molecule has 1 rings (SSSR count). The van der Waals surface area contributed by atoms with E-state index in [9.17, 15) is 4.21 Å². The largest absolute Gasteiger partial charge is 0.305 e. The van der Waals surface area contributed by atoms with Crippen molar-refractivity contribution in [3.05, 3.63) is 40.4 Å². The van der Waals surface area contributed by atoms with Gasteiger partial charge in [0.05, 0.1) is 4.75 Å². The fourth-order valence-corrected chi connectivity index (χ4v) is 2.40. The summed E-state index contributed by atoms with van der Waals surface area (Å²) in [6.45, 7) is 11.7. The normalized spacial score (nSPS) is 13.2. The van der Waals surface area contributed by atoms with Gasteiger partial charge in [-0.2, -0.15) is 0 Å². The first-order valence-electron chi connectivity index (χ1n) is 5.36. The predicted octanol–water partition coefficient (Wildman–Crippen LogP) is 3.78. The highest BCUT2D eigenvalue weighted by molar-refractivity contribution is 9.10. The van der Waals surface area contributed by atoms with E-state index in [2.05, 4.69) is 27.2 Å². The Kier molecular flexibility index (Phi) is 4.55. The minimum absolute atomic E-state index is 0.299. The van der Waals surface area contributed by atoms with E-state index in [1.165, 1.54) is 0 Å². The van der Waals surface area contributed by atoms with Gasteiger partial charge >= 0.3 is 0 Å². The summed E-state index contributed by atoms with van der Waals surface area (Å²) in [6.07, 6.45) is 0. The summed E-state index contributed by atoms with van der Waals surface area (Å²) < 4.78 is 15.6. The summed E-state index contributed by atoms with van der Waals surface area (Å²) in [5.41, 5.74) is 2.79. The van der Waals surface area contributed by atoms with Crippen LogP contribution in [0.1, 0.15) is 31.9 Å². The van der Waals surface area contributed by atoms with Crippen molar-refractivity contribution in [1.29, 1.82) is 0 Å².